The van der Waals surface area contributed by atoms with Gasteiger partial charge in [0.1, 0.15) is 0 Å². The van der Waals surface area contributed by atoms with Crippen LogP contribution in [0, 0.1) is 11.3 Å². The van der Waals surface area contributed by atoms with Gasteiger partial charge in [-0.15, -0.1) is 0 Å². The Morgan fingerprint density at radius 2 is 1.82 bits per heavy atom. The summed E-state index contributed by atoms with van der Waals surface area (Å²) in [6.07, 6.45) is 9.67. The van der Waals surface area contributed by atoms with Crippen molar-refractivity contribution in [1.82, 2.24) is 0 Å². The third-order valence-corrected chi connectivity index (χ3v) is 3.91. The van der Waals surface area contributed by atoms with Gasteiger partial charge in [0.2, 0.25) is 0 Å². The molecule has 1 nitrogen and oxygen atoms in total. The molecule has 2 saturated carbocycles. The molecule has 0 aromatic heterocycles. The predicted octanol–water partition coefficient (Wildman–Crippen LogP) is 2.34. The SMILES string of the molecule is OCC1CCCCC12CCC2. The molecule has 2 rings (SSSR count). The Hall–Kier alpha value is -0.0400. The molecule has 1 spiro atoms. The van der Waals surface area contributed by atoms with E-state index in [1.165, 1.54) is 44.9 Å². The molecule has 0 aromatic carbocycles. The lowest BCUT2D eigenvalue weighted by Crippen LogP contribution is -2.41. The third-order valence-electron chi connectivity index (χ3n) is 3.91. The van der Waals surface area contributed by atoms with E-state index in [9.17, 15) is 5.11 Å². The van der Waals surface area contributed by atoms with Crippen molar-refractivity contribution in [3.05, 3.63) is 0 Å². The first-order valence-corrected chi connectivity index (χ1v) is 4.98. The van der Waals surface area contributed by atoms with Gasteiger partial charge < -0.3 is 5.11 Å². The molecule has 0 aliphatic heterocycles. The lowest BCUT2D eigenvalue weighted by molar-refractivity contribution is -0.0221. The molecule has 11 heavy (non-hydrogen) atoms. The smallest absolute Gasteiger partial charge is 0.0464 e. The summed E-state index contributed by atoms with van der Waals surface area (Å²) in [4.78, 5) is 0. The standard InChI is InChI=1S/C10H18O/c11-8-9-4-1-2-5-10(9)6-3-7-10/h9,11H,1-8H2. The first-order chi connectivity index (χ1) is 5.37. The van der Waals surface area contributed by atoms with Gasteiger partial charge in [-0.25, -0.2) is 0 Å². The number of aliphatic hydroxyl groups is 1. The molecule has 2 fully saturated rings. The lowest BCUT2D eigenvalue weighted by Gasteiger charge is -2.50. The normalized spacial score (nSPS) is 35.2. The van der Waals surface area contributed by atoms with Crippen molar-refractivity contribution in [2.75, 3.05) is 6.61 Å². The van der Waals surface area contributed by atoms with Gasteiger partial charge in [-0.1, -0.05) is 19.3 Å². The minimum absolute atomic E-state index is 0.444. The molecule has 1 heteroatoms. The van der Waals surface area contributed by atoms with Crippen LogP contribution in [0.5, 0.6) is 0 Å². The van der Waals surface area contributed by atoms with Gasteiger partial charge in [0.25, 0.3) is 0 Å². The fraction of sp³-hybridized carbons (Fsp3) is 1.00. The van der Waals surface area contributed by atoms with E-state index in [4.69, 9.17) is 0 Å². The Balaban J connectivity index is 2.02. The van der Waals surface area contributed by atoms with E-state index >= 15 is 0 Å². The highest BCUT2D eigenvalue weighted by molar-refractivity contribution is 4.95. The molecule has 0 aromatic rings. The summed E-state index contributed by atoms with van der Waals surface area (Å²) >= 11 is 0. The maximum absolute atomic E-state index is 9.19. The molecule has 2 aliphatic rings. The van der Waals surface area contributed by atoms with E-state index in [0.717, 1.165) is 0 Å². The molecule has 64 valence electrons. The molecule has 2 aliphatic carbocycles. The molecule has 1 unspecified atom stereocenters. The van der Waals surface area contributed by atoms with Gasteiger partial charge in [-0.2, -0.15) is 0 Å². The Bertz CT molecular complexity index is 138. The van der Waals surface area contributed by atoms with Crippen LogP contribution in [-0.4, -0.2) is 11.7 Å². The van der Waals surface area contributed by atoms with E-state index in [0.29, 0.717) is 17.9 Å². The second-order valence-electron chi connectivity index (χ2n) is 4.34. The number of rotatable bonds is 1. The summed E-state index contributed by atoms with van der Waals surface area (Å²) < 4.78 is 0. The minimum atomic E-state index is 0.444. The summed E-state index contributed by atoms with van der Waals surface area (Å²) in [5, 5.41) is 9.19. The van der Waals surface area contributed by atoms with Crippen molar-refractivity contribution in [2.45, 2.75) is 44.9 Å². The van der Waals surface area contributed by atoms with Gasteiger partial charge in [0.05, 0.1) is 0 Å². The largest absolute Gasteiger partial charge is 0.396 e. The van der Waals surface area contributed by atoms with Gasteiger partial charge in [-0.05, 0) is 37.0 Å². The molecule has 0 bridgehead atoms. The van der Waals surface area contributed by atoms with Gasteiger partial charge in [0.15, 0.2) is 0 Å². The molecular formula is C10H18O. The molecule has 0 radical (unpaired) electrons. The minimum Gasteiger partial charge on any atom is -0.396 e. The Kier molecular flexibility index (Phi) is 1.92. The fourth-order valence-corrected chi connectivity index (χ4v) is 2.95. The molecule has 0 saturated heterocycles. The summed E-state index contributed by atoms with van der Waals surface area (Å²) in [5.74, 6) is 0.657. The van der Waals surface area contributed by atoms with Crippen LogP contribution >= 0.6 is 0 Å². The van der Waals surface area contributed by atoms with Crippen molar-refractivity contribution < 1.29 is 5.11 Å². The van der Waals surface area contributed by atoms with Crippen molar-refractivity contribution in [1.29, 1.82) is 0 Å². The van der Waals surface area contributed by atoms with Crippen LogP contribution in [-0.2, 0) is 0 Å². The Labute approximate surface area is 68.8 Å². The van der Waals surface area contributed by atoms with Gasteiger partial charge >= 0.3 is 0 Å². The summed E-state index contributed by atoms with van der Waals surface area (Å²) in [7, 11) is 0. The fourth-order valence-electron chi connectivity index (χ4n) is 2.95. The number of aliphatic hydroxyl groups excluding tert-OH is 1. The molecule has 0 heterocycles. The van der Waals surface area contributed by atoms with E-state index < -0.39 is 0 Å². The number of hydrogen-bond donors (Lipinski definition) is 1. The average Bonchev–Trinajstić information content (AvgIpc) is 2.01. The van der Waals surface area contributed by atoms with E-state index in [2.05, 4.69) is 0 Å². The molecule has 1 N–H and O–H groups in total. The predicted molar refractivity (Wildman–Crippen MR) is 45.3 cm³/mol. The van der Waals surface area contributed by atoms with Crippen LogP contribution in [0.3, 0.4) is 0 Å². The second kappa shape index (κ2) is 2.78. The first kappa shape index (κ1) is 7.60. The Morgan fingerprint density at radius 1 is 1.09 bits per heavy atom. The summed E-state index contributed by atoms with van der Waals surface area (Å²) in [6.45, 7) is 0.444. The van der Waals surface area contributed by atoms with Crippen LogP contribution in [0.15, 0.2) is 0 Å². The highest BCUT2D eigenvalue weighted by Crippen LogP contribution is 2.54. The van der Waals surface area contributed by atoms with Gasteiger partial charge in [-0.3, -0.25) is 0 Å². The highest BCUT2D eigenvalue weighted by atomic mass is 16.3. The topological polar surface area (TPSA) is 20.2 Å². The van der Waals surface area contributed by atoms with Crippen molar-refractivity contribution in [3.8, 4) is 0 Å². The van der Waals surface area contributed by atoms with E-state index in [-0.39, 0.29) is 0 Å². The molecule has 0 amide bonds. The third kappa shape index (κ3) is 1.10. The van der Waals surface area contributed by atoms with E-state index in [1.54, 1.807) is 0 Å². The van der Waals surface area contributed by atoms with Crippen LogP contribution < -0.4 is 0 Å². The van der Waals surface area contributed by atoms with Crippen molar-refractivity contribution in [2.24, 2.45) is 11.3 Å². The average molecular weight is 154 g/mol. The van der Waals surface area contributed by atoms with E-state index in [1.807, 2.05) is 0 Å². The maximum Gasteiger partial charge on any atom is 0.0464 e. The van der Waals surface area contributed by atoms with Gasteiger partial charge in [0, 0.05) is 6.61 Å². The zero-order chi connectivity index (χ0) is 7.73. The maximum atomic E-state index is 9.19. The zero-order valence-corrected chi connectivity index (χ0v) is 7.18. The summed E-state index contributed by atoms with van der Waals surface area (Å²) in [5.41, 5.74) is 0.618. The summed E-state index contributed by atoms with van der Waals surface area (Å²) in [6, 6.07) is 0. The molecular weight excluding hydrogens is 136 g/mol. The van der Waals surface area contributed by atoms with Crippen molar-refractivity contribution in [3.63, 3.8) is 0 Å². The van der Waals surface area contributed by atoms with Crippen LogP contribution in [0.4, 0.5) is 0 Å². The van der Waals surface area contributed by atoms with Crippen molar-refractivity contribution >= 4 is 0 Å². The first-order valence-electron chi connectivity index (χ1n) is 4.98. The number of hydrogen-bond acceptors (Lipinski definition) is 1. The molecule has 1 atom stereocenters. The quantitative estimate of drug-likeness (QED) is 0.614. The monoisotopic (exact) mass is 154 g/mol. The lowest BCUT2D eigenvalue weighted by atomic mass is 9.55. The zero-order valence-electron chi connectivity index (χ0n) is 7.18. The second-order valence-corrected chi connectivity index (χ2v) is 4.34. The Morgan fingerprint density at radius 3 is 2.27 bits per heavy atom. The van der Waals surface area contributed by atoms with Crippen LogP contribution in [0.1, 0.15) is 44.9 Å². The van der Waals surface area contributed by atoms with Crippen LogP contribution in [0.2, 0.25) is 0 Å². The highest BCUT2D eigenvalue weighted by Gasteiger charge is 2.44. The van der Waals surface area contributed by atoms with Crippen LogP contribution in [0.25, 0.3) is 0 Å².